The van der Waals surface area contributed by atoms with Gasteiger partial charge in [0.05, 0.1) is 22.0 Å². The minimum absolute atomic E-state index is 0.0972. The Hall–Kier alpha value is -4.73. The van der Waals surface area contributed by atoms with Crippen LogP contribution in [0.25, 0.3) is 34.3 Å². The van der Waals surface area contributed by atoms with Crippen molar-refractivity contribution in [1.82, 2.24) is 9.78 Å². The van der Waals surface area contributed by atoms with Gasteiger partial charge >= 0.3 is 0 Å². The zero-order valence-electron chi connectivity index (χ0n) is 20.1. The molecule has 180 valence electrons. The highest BCUT2D eigenvalue weighted by atomic mass is 32.2. The van der Waals surface area contributed by atoms with Gasteiger partial charge in [0.15, 0.2) is 0 Å². The summed E-state index contributed by atoms with van der Waals surface area (Å²) in [6.07, 6.45) is 1.40. The first-order valence-electron chi connectivity index (χ1n) is 11.7. The molecule has 1 aromatic heterocycles. The fourth-order valence-corrected chi connectivity index (χ4v) is 5.18. The minimum atomic E-state index is -3.92. The van der Waals surface area contributed by atoms with Crippen molar-refractivity contribution in [3.63, 3.8) is 0 Å². The number of benzene rings is 4. The van der Waals surface area contributed by atoms with Crippen molar-refractivity contribution in [2.24, 2.45) is 0 Å². The molecule has 5 rings (SSSR count). The summed E-state index contributed by atoms with van der Waals surface area (Å²) < 4.78 is 27.9. The lowest BCUT2D eigenvalue weighted by Crippen LogP contribution is -2.03. The molecule has 0 bridgehead atoms. The molecule has 4 aromatic carbocycles. The first-order chi connectivity index (χ1) is 18.0. The summed E-state index contributed by atoms with van der Waals surface area (Å²) >= 11 is 0. The van der Waals surface area contributed by atoms with E-state index in [4.69, 9.17) is 5.10 Å². The summed E-state index contributed by atoms with van der Waals surface area (Å²) in [5, 5.41) is 14.5. The number of aromatic nitrogens is 2. The second-order valence-corrected chi connectivity index (χ2v) is 10.5. The molecule has 6 heteroatoms. The van der Waals surface area contributed by atoms with Gasteiger partial charge in [0.1, 0.15) is 11.0 Å². The molecule has 0 radical (unpaired) electrons. The molecule has 5 nitrogen and oxygen atoms in total. The maximum absolute atomic E-state index is 13.0. The molecule has 0 amide bonds. The monoisotopic (exact) mass is 501 g/mol. The summed E-state index contributed by atoms with van der Waals surface area (Å²) in [7, 11) is -3.92. The van der Waals surface area contributed by atoms with Crippen LogP contribution < -0.4 is 0 Å². The van der Waals surface area contributed by atoms with Crippen LogP contribution in [0, 0.1) is 18.3 Å². The molecule has 1 heterocycles. The quantitative estimate of drug-likeness (QED) is 0.238. The average Bonchev–Trinajstić information content (AvgIpc) is 3.39. The van der Waals surface area contributed by atoms with Gasteiger partial charge in [-0.15, -0.1) is 0 Å². The molecule has 0 unspecified atom stereocenters. The lowest BCUT2D eigenvalue weighted by molar-refractivity contribution is 0.603. The Bertz CT molecular complexity index is 1710. The van der Waals surface area contributed by atoms with Crippen molar-refractivity contribution in [3.05, 3.63) is 131 Å². The molecular formula is C31H23N3O2S. The maximum Gasteiger partial charge on any atom is 0.216 e. The van der Waals surface area contributed by atoms with Gasteiger partial charge in [0, 0.05) is 11.1 Å². The first-order valence-corrected chi connectivity index (χ1v) is 13.2. The summed E-state index contributed by atoms with van der Waals surface area (Å²) in [6.45, 7) is 1.88. The van der Waals surface area contributed by atoms with Crippen LogP contribution in [-0.2, 0) is 9.84 Å². The normalized spacial score (nSPS) is 11.7. The van der Waals surface area contributed by atoms with Gasteiger partial charge in [0.25, 0.3) is 0 Å². The van der Waals surface area contributed by atoms with Gasteiger partial charge in [0.2, 0.25) is 9.84 Å². The summed E-state index contributed by atoms with van der Waals surface area (Å²) in [5.74, 6) is 0. The Morgan fingerprint density at radius 3 is 2.00 bits per heavy atom. The van der Waals surface area contributed by atoms with E-state index in [0.717, 1.165) is 33.8 Å². The van der Waals surface area contributed by atoms with Gasteiger partial charge in [-0.2, -0.15) is 10.4 Å². The predicted octanol–water partition coefficient (Wildman–Crippen LogP) is 6.85. The second-order valence-electron chi connectivity index (χ2n) is 8.59. The summed E-state index contributed by atoms with van der Waals surface area (Å²) in [6, 6.07) is 37.7. The summed E-state index contributed by atoms with van der Waals surface area (Å²) in [4.78, 5) is -0.209. The van der Waals surface area contributed by atoms with Crippen molar-refractivity contribution in [2.45, 2.75) is 11.8 Å². The highest BCUT2D eigenvalue weighted by molar-refractivity contribution is 7.95. The second kappa shape index (κ2) is 10.1. The number of sulfone groups is 1. The van der Waals surface area contributed by atoms with E-state index in [1.807, 2.05) is 90.5 Å². The molecule has 0 aliphatic heterocycles. The van der Waals surface area contributed by atoms with E-state index in [1.165, 1.54) is 18.2 Å². The zero-order valence-corrected chi connectivity index (χ0v) is 20.9. The number of allylic oxidation sites excluding steroid dienone is 1. The van der Waals surface area contributed by atoms with Crippen molar-refractivity contribution >= 4 is 15.9 Å². The molecule has 0 fully saturated rings. The highest BCUT2D eigenvalue weighted by Gasteiger charge is 2.21. The van der Waals surface area contributed by atoms with Crippen LogP contribution >= 0.6 is 0 Å². The Morgan fingerprint density at radius 1 is 0.811 bits per heavy atom. The fraction of sp³-hybridized carbons (Fsp3) is 0.0323. The van der Waals surface area contributed by atoms with Crippen molar-refractivity contribution in [3.8, 4) is 34.3 Å². The molecular weight excluding hydrogens is 478 g/mol. The SMILES string of the molecule is Cc1ccc(S(=O)(=O)C(C#N)=Cc2ccc(-n3nc(-c4ccccc4)cc3-c3ccccc3)cc2)cc1. The van der Waals surface area contributed by atoms with E-state index < -0.39 is 9.84 Å². The van der Waals surface area contributed by atoms with Crippen molar-refractivity contribution in [1.29, 1.82) is 5.26 Å². The third-order valence-corrected chi connectivity index (χ3v) is 7.70. The molecule has 0 saturated carbocycles. The molecule has 0 N–H and O–H groups in total. The van der Waals surface area contributed by atoms with E-state index in [2.05, 4.69) is 6.07 Å². The fourth-order valence-electron chi connectivity index (χ4n) is 4.02. The van der Waals surface area contributed by atoms with E-state index in [9.17, 15) is 13.7 Å². The van der Waals surface area contributed by atoms with Crippen LogP contribution in [0.3, 0.4) is 0 Å². The van der Waals surface area contributed by atoms with Crippen molar-refractivity contribution in [2.75, 3.05) is 0 Å². The molecule has 0 saturated heterocycles. The van der Waals surface area contributed by atoms with Gasteiger partial charge in [-0.25, -0.2) is 13.1 Å². The van der Waals surface area contributed by atoms with E-state index >= 15 is 0 Å². The van der Waals surface area contributed by atoms with Crippen LogP contribution in [0.1, 0.15) is 11.1 Å². The molecule has 0 atom stereocenters. The molecule has 0 aliphatic rings. The topological polar surface area (TPSA) is 75.8 Å². The lowest BCUT2D eigenvalue weighted by atomic mass is 10.1. The van der Waals surface area contributed by atoms with Crippen molar-refractivity contribution < 1.29 is 8.42 Å². The molecule has 0 spiro atoms. The van der Waals surface area contributed by atoms with E-state index in [1.54, 1.807) is 24.3 Å². The predicted molar refractivity (Wildman–Crippen MR) is 146 cm³/mol. The average molecular weight is 502 g/mol. The van der Waals surface area contributed by atoms with E-state index in [-0.39, 0.29) is 9.80 Å². The number of nitriles is 1. The Labute approximate surface area is 216 Å². The molecule has 37 heavy (non-hydrogen) atoms. The zero-order chi connectivity index (χ0) is 25.8. The number of hydrogen-bond donors (Lipinski definition) is 0. The number of nitrogens with zero attached hydrogens (tertiary/aromatic N) is 3. The smallest absolute Gasteiger partial charge is 0.216 e. The molecule has 0 aliphatic carbocycles. The maximum atomic E-state index is 13.0. The minimum Gasteiger partial charge on any atom is -0.232 e. The van der Waals surface area contributed by atoms with Crippen LogP contribution in [0.4, 0.5) is 0 Å². The number of aryl methyl sites for hydroxylation is 1. The van der Waals surface area contributed by atoms with Crippen LogP contribution in [0.15, 0.2) is 125 Å². The van der Waals surface area contributed by atoms with Gasteiger partial charge in [-0.1, -0.05) is 90.5 Å². The summed E-state index contributed by atoms with van der Waals surface area (Å²) in [5.41, 5.74) is 6.18. The Morgan fingerprint density at radius 2 is 1.41 bits per heavy atom. The van der Waals surface area contributed by atoms with Gasteiger partial charge in [-0.05, 0) is 48.9 Å². The lowest BCUT2D eigenvalue weighted by Gasteiger charge is -2.08. The Kier molecular flexibility index (Phi) is 6.55. The number of hydrogen-bond acceptors (Lipinski definition) is 4. The number of rotatable bonds is 6. The van der Waals surface area contributed by atoms with Gasteiger partial charge < -0.3 is 0 Å². The van der Waals surface area contributed by atoms with Crippen LogP contribution in [0.5, 0.6) is 0 Å². The van der Waals surface area contributed by atoms with Gasteiger partial charge in [-0.3, -0.25) is 0 Å². The third-order valence-electron chi connectivity index (χ3n) is 6.01. The standard InChI is InChI=1S/C31H23N3O2S/c1-23-12-18-28(19-13-23)37(35,36)29(22-32)20-24-14-16-27(17-15-24)34-31(26-10-6-3-7-11-26)21-30(33-34)25-8-4-2-5-9-25/h2-21H,1H3. The largest absolute Gasteiger partial charge is 0.232 e. The van der Waals surface area contributed by atoms with Crippen LogP contribution in [-0.4, -0.2) is 18.2 Å². The Balaban J connectivity index is 1.53. The third kappa shape index (κ3) is 4.99. The highest BCUT2D eigenvalue weighted by Crippen LogP contribution is 2.29. The molecule has 5 aromatic rings. The van der Waals surface area contributed by atoms with E-state index in [0.29, 0.717) is 5.56 Å². The first kappa shape index (κ1) is 24.0. The van der Waals surface area contributed by atoms with Crippen LogP contribution in [0.2, 0.25) is 0 Å².